The predicted molar refractivity (Wildman–Crippen MR) is 70.3 cm³/mol. The first-order valence-electron chi connectivity index (χ1n) is 5.56. The van der Waals surface area contributed by atoms with E-state index in [1.54, 1.807) is 13.8 Å². The minimum absolute atomic E-state index is 0.0994. The number of alkyl halides is 2. The third-order valence-corrected chi connectivity index (χ3v) is 3.17. The molecule has 0 saturated heterocycles. The Balaban J connectivity index is 3.08. The average molecular weight is 294 g/mol. The van der Waals surface area contributed by atoms with Crippen LogP contribution in [0.2, 0.25) is 0 Å². The van der Waals surface area contributed by atoms with Crippen LogP contribution in [0.1, 0.15) is 23.5 Å². The van der Waals surface area contributed by atoms with E-state index in [-0.39, 0.29) is 22.4 Å². The molecule has 0 aliphatic rings. The Morgan fingerprint density at radius 3 is 2.58 bits per heavy atom. The molecule has 0 unspecified atom stereocenters. The maximum Gasteiger partial charge on any atom is 0.350 e. The van der Waals surface area contributed by atoms with E-state index < -0.39 is 18.9 Å². The van der Waals surface area contributed by atoms with Crippen molar-refractivity contribution in [3.63, 3.8) is 0 Å². The van der Waals surface area contributed by atoms with Crippen molar-refractivity contribution in [2.24, 2.45) is 0 Å². The van der Waals surface area contributed by atoms with Gasteiger partial charge in [0.2, 0.25) is 0 Å². The molecule has 0 atom stereocenters. The third-order valence-electron chi connectivity index (χ3n) is 2.04. The van der Waals surface area contributed by atoms with Crippen molar-refractivity contribution >= 4 is 28.0 Å². The molecular formula is C11H16F2N2O3S. The van der Waals surface area contributed by atoms with Gasteiger partial charge in [-0.25, -0.2) is 13.6 Å². The number of methoxy groups -OCH3 is 1. The van der Waals surface area contributed by atoms with Crippen molar-refractivity contribution in [1.29, 1.82) is 0 Å². The Morgan fingerprint density at radius 1 is 1.47 bits per heavy atom. The molecule has 0 amide bonds. The zero-order valence-electron chi connectivity index (χ0n) is 10.8. The number of anilines is 2. The summed E-state index contributed by atoms with van der Waals surface area (Å²) in [5, 5.41) is 2.81. The highest BCUT2D eigenvalue weighted by Crippen LogP contribution is 2.43. The highest BCUT2D eigenvalue weighted by molar-refractivity contribution is 7.19. The molecule has 0 aromatic carbocycles. The molecular weight excluding hydrogens is 278 g/mol. The normalized spacial score (nSPS) is 10.9. The number of thiophene rings is 1. The van der Waals surface area contributed by atoms with E-state index in [4.69, 9.17) is 10.5 Å². The van der Waals surface area contributed by atoms with Crippen molar-refractivity contribution in [1.82, 2.24) is 0 Å². The first-order valence-corrected chi connectivity index (χ1v) is 6.37. The lowest BCUT2D eigenvalue weighted by atomic mass is 10.3. The Morgan fingerprint density at radius 2 is 2.11 bits per heavy atom. The number of hydrogen-bond donors (Lipinski definition) is 2. The van der Waals surface area contributed by atoms with Gasteiger partial charge in [-0.2, -0.15) is 0 Å². The van der Waals surface area contributed by atoms with E-state index >= 15 is 0 Å². The van der Waals surface area contributed by atoms with Crippen LogP contribution in [0.5, 0.6) is 5.75 Å². The monoisotopic (exact) mass is 294 g/mol. The van der Waals surface area contributed by atoms with E-state index in [2.05, 4.69) is 10.1 Å². The highest BCUT2D eigenvalue weighted by atomic mass is 32.1. The van der Waals surface area contributed by atoms with Gasteiger partial charge >= 0.3 is 5.97 Å². The fourth-order valence-corrected chi connectivity index (χ4v) is 2.29. The number of halogens is 2. The molecule has 1 aromatic rings. The Hall–Kier alpha value is -1.57. The second kappa shape index (κ2) is 6.55. The smallest absolute Gasteiger partial charge is 0.350 e. The molecule has 108 valence electrons. The maximum absolute atomic E-state index is 12.2. The summed E-state index contributed by atoms with van der Waals surface area (Å²) in [7, 11) is 1.22. The number of hydrogen-bond acceptors (Lipinski definition) is 6. The van der Waals surface area contributed by atoms with Crippen LogP contribution in [-0.4, -0.2) is 32.2 Å². The second-order valence-electron chi connectivity index (χ2n) is 3.93. The molecule has 1 aromatic heterocycles. The quantitative estimate of drug-likeness (QED) is 0.789. The summed E-state index contributed by atoms with van der Waals surface area (Å²) in [5.74, 6) is -0.415. The molecule has 0 spiro atoms. The molecule has 0 radical (unpaired) electrons. The van der Waals surface area contributed by atoms with Crippen molar-refractivity contribution in [2.45, 2.75) is 26.4 Å². The number of rotatable bonds is 6. The molecule has 3 N–H and O–H groups in total. The first-order chi connectivity index (χ1) is 8.86. The van der Waals surface area contributed by atoms with Crippen LogP contribution in [0.4, 0.5) is 19.5 Å². The Labute approximate surface area is 113 Å². The second-order valence-corrected chi connectivity index (χ2v) is 4.95. The maximum atomic E-state index is 12.2. The molecule has 19 heavy (non-hydrogen) atoms. The van der Waals surface area contributed by atoms with Gasteiger partial charge < -0.3 is 20.5 Å². The summed E-state index contributed by atoms with van der Waals surface area (Å²) < 4.78 is 34.5. The number of nitrogens with two attached hydrogens (primary N) is 1. The van der Waals surface area contributed by atoms with E-state index in [0.29, 0.717) is 5.00 Å². The molecule has 1 heterocycles. The highest BCUT2D eigenvalue weighted by Gasteiger charge is 2.24. The van der Waals surface area contributed by atoms with E-state index in [1.165, 1.54) is 7.11 Å². The minimum atomic E-state index is -2.52. The van der Waals surface area contributed by atoms with Crippen molar-refractivity contribution in [3.05, 3.63) is 4.88 Å². The number of nitrogens with one attached hydrogen (secondary N) is 1. The lowest BCUT2D eigenvalue weighted by molar-refractivity contribution is 0.0607. The first kappa shape index (κ1) is 15.5. The summed E-state index contributed by atoms with van der Waals surface area (Å²) in [6.07, 6.45) is -2.72. The van der Waals surface area contributed by atoms with Gasteiger partial charge in [-0.1, -0.05) is 0 Å². The average Bonchev–Trinajstić information content (AvgIpc) is 2.63. The summed E-state index contributed by atoms with van der Waals surface area (Å²) >= 11 is 0.934. The van der Waals surface area contributed by atoms with Crippen LogP contribution in [0.15, 0.2) is 0 Å². The van der Waals surface area contributed by atoms with Crippen LogP contribution in [0.3, 0.4) is 0 Å². The molecule has 8 heteroatoms. The van der Waals surface area contributed by atoms with Crippen LogP contribution in [-0.2, 0) is 4.74 Å². The molecule has 0 fully saturated rings. The van der Waals surface area contributed by atoms with Gasteiger partial charge in [-0.15, -0.1) is 11.3 Å². The lowest BCUT2D eigenvalue weighted by Gasteiger charge is -2.12. The summed E-state index contributed by atoms with van der Waals surface area (Å²) in [6, 6.07) is 0. The van der Waals surface area contributed by atoms with Crippen molar-refractivity contribution < 1.29 is 23.0 Å². The summed E-state index contributed by atoms with van der Waals surface area (Å²) in [6.45, 7) is 2.99. The SMILES string of the molecule is COC(=O)c1sc(NCC(F)F)c(OC(C)C)c1N. The minimum Gasteiger partial charge on any atom is -0.486 e. The van der Waals surface area contributed by atoms with E-state index in [9.17, 15) is 13.6 Å². The lowest BCUT2D eigenvalue weighted by Crippen LogP contribution is -2.12. The number of nitrogen functional groups attached to an aromatic ring is 1. The zero-order valence-corrected chi connectivity index (χ0v) is 11.6. The number of esters is 1. The molecule has 0 bridgehead atoms. The topological polar surface area (TPSA) is 73.6 Å². The van der Waals surface area contributed by atoms with E-state index in [1.807, 2.05) is 0 Å². The fourth-order valence-electron chi connectivity index (χ4n) is 1.31. The molecule has 0 aliphatic heterocycles. The van der Waals surface area contributed by atoms with Gasteiger partial charge in [0.15, 0.2) is 5.75 Å². The van der Waals surface area contributed by atoms with E-state index in [0.717, 1.165) is 11.3 Å². The van der Waals surface area contributed by atoms with Gasteiger partial charge in [0, 0.05) is 0 Å². The Bertz CT molecular complexity index is 449. The number of carbonyl (C=O) groups is 1. The predicted octanol–water partition coefficient (Wildman–Crippen LogP) is 2.58. The van der Waals surface area contributed by atoms with Crippen molar-refractivity contribution in [3.8, 4) is 5.75 Å². The molecule has 0 saturated carbocycles. The van der Waals surface area contributed by atoms with Gasteiger partial charge in [-0.3, -0.25) is 0 Å². The number of ether oxygens (including phenoxy) is 2. The number of carbonyl (C=O) groups excluding carboxylic acids is 1. The fraction of sp³-hybridized carbons (Fsp3) is 0.545. The van der Waals surface area contributed by atoms with Crippen LogP contribution in [0.25, 0.3) is 0 Å². The summed E-state index contributed by atoms with van der Waals surface area (Å²) in [5.41, 5.74) is 5.89. The van der Waals surface area contributed by atoms with Crippen LogP contribution < -0.4 is 15.8 Å². The summed E-state index contributed by atoms with van der Waals surface area (Å²) in [4.78, 5) is 11.6. The zero-order chi connectivity index (χ0) is 14.6. The van der Waals surface area contributed by atoms with Gasteiger partial charge in [0.1, 0.15) is 15.6 Å². The Kier molecular flexibility index (Phi) is 5.34. The molecule has 5 nitrogen and oxygen atoms in total. The van der Waals surface area contributed by atoms with Crippen LogP contribution in [0, 0.1) is 0 Å². The molecule has 0 aliphatic carbocycles. The van der Waals surface area contributed by atoms with Crippen molar-refractivity contribution in [2.75, 3.05) is 24.7 Å². The van der Waals surface area contributed by atoms with Gasteiger partial charge in [0.05, 0.1) is 19.8 Å². The van der Waals surface area contributed by atoms with Crippen LogP contribution >= 0.6 is 11.3 Å². The molecule has 1 rings (SSSR count). The third kappa shape index (κ3) is 3.95. The van der Waals surface area contributed by atoms with Gasteiger partial charge in [0.25, 0.3) is 6.43 Å². The van der Waals surface area contributed by atoms with Gasteiger partial charge in [-0.05, 0) is 13.8 Å². The largest absolute Gasteiger partial charge is 0.486 e. The standard InChI is InChI=1S/C11H16F2N2O3S/c1-5(2)18-8-7(14)9(11(16)17-3)19-10(8)15-4-6(12)13/h5-6,15H,4,14H2,1-3H3.